The predicted molar refractivity (Wildman–Crippen MR) is 61.2 cm³/mol. The number of ether oxygens (including phenoxy) is 2. The molecule has 0 aromatic rings. The fourth-order valence-corrected chi connectivity index (χ4v) is 2.14. The minimum atomic E-state index is -0.940. The zero-order chi connectivity index (χ0) is 13.0. The van der Waals surface area contributed by atoms with E-state index in [1.165, 1.54) is 0 Å². The first kappa shape index (κ1) is 13.3. The van der Waals surface area contributed by atoms with Gasteiger partial charge in [-0.15, -0.1) is 0 Å². The van der Waals surface area contributed by atoms with Gasteiger partial charge in [0.25, 0.3) is 0 Å². The van der Waals surface area contributed by atoms with E-state index in [4.69, 9.17) is 14.6 Å². The molecule has 1 atom stereocenters. The number of aliphatic carboxylic acids is 1. The number of morpholine rings is 2. The molecule has 0 aromatic carbocycles. The van der Waals surface area contributed by atoms with Crippen LogP contribution in [0.4, 0.5) is 0 Å². The van der Waals surface area contributed by atoms with Crippen LogP contribution in [0.25, 0.3) is 0 Å². The van der Waals surface area contributed by atoms with Crippen LogP contribution in [0, 0.1) is 0 Å². The first-order valence-corrected chi connectivity index (χ1v) is 6.08. The molecule has 7 heteroatoms. The molecule has 0 bridgehead atoms. The number of hydrogen-bond donors (Lipinski definition) is 1. The van der Waals surface area contributed by atoms with E-state index in [1.807, 2.05) is 0 Å². The van der Waals surface area contributed by atoms with Crippen LogP contribution in [-0.4, -0.2) is 85.4 Å². The van der Waals surface area contributed by atoms with E-state index >= 15 is 0 Å². The second kappa shape index (κ2) is 6.12. The maximum atomic E-state index is 12.0. The van der Waals surface area contributed by atoms with Crippen molar-refractivity contribution < 1.29 is 24.2 Å². The van der Waals surface area contributed by atoms with Crippen molar-refractivity contribution in [1.29, 1.82) is 0 Å². The Hall–Kier alpha value is -1.18. The Morgan fingerprint density at radius 3 is 2.44 bits per heavy atom. The SMILES string of the molecule is O=C(O)C1COCCN1CC(=O)N1CCOCC1. The summed E-state index contributed by atoms with van der Waals surface area (Å²) in [6, 6.07) is -0.719. The molecule has 2 saturated heterocycles. The first-order valence-electron chi connectivity index (χ1n) is 6.08. The lowest BCUT2D eigenvalue weighted by Crippen LogP contribution is -2.54. The molecule has 102 valence electrons. The molecular weight excluding hydrogens is 240 g/mol. The summed E-state index contributed by atoms with van der Waals surface area (Å²) in [7, 11) is 0. The summed E-state index contributed by atoms with van der Waals surface area (Å²) in [4.78, 5) is 26.5. The molecule has 2 aliphatic rings. The number of amides is 1. The molecule has 0 spiro atoms. The van der Waals surface area contributed by atoms with E-state index < -0.39 is 12.0 Å². The average Bonchev–Trinajstić information content (AvgIpc) is 2.40. The summed E-state index contributed by atoms with van der Waals surface area (Å²) >= 11 is 0. The smallest absolute Gasteiger partial charge is 0.323 e. The standard InChI is InChI=1S/C11H18N2O5/c14-10(12-1-4-17-5-2-12)7-13-3-6-18-8-9(13)11(15)16/h9H,1-8H2,(H,15,16). The van der Waals surface area contributed by atoms with Crippen LogP contribution < -0.4 is 0 Å². The number of carbonyl (C=O) groups is 2. The van der Waals surface area contributed by atoms with Crippen LogP contribution in [0.1, 0.15) is 0 Å². The maximum Gasteiger partial charge on any atom is 0.323 e. The van der Waals surface area contributed by atoms with Gasteiger partial charge in [-0.25, -0.2) is 0 Å². The molecule has 0 radical (unpaired) electrons. The van der Waals surface area contributed by atoms with Crippen molar-refractivity contribution in [2.24, 2.45) is 0 Å². The third-order valence-corrected chi connectivity index (χ3v) is 3.23. The lowest BCUT2D eigenvalue weighted by molar-refractivity contribution is -0.152. The van der Waals surface area contributed by atoms with Crippen LogP contribution in [0.3, 0.4) is 0 Å². The van der Waals surface area contributed by atoms with Gasteiger partial charge in [0, 0.05) is 19.6 Å². The molecule has 1 amide bonds. The molecule has 18 heavy (non-hydrogen) atoms. The zero-order valence-corrected chi connectivity index (χ0v) is 10.2. The Balaban J connectivity index is 1.89. The van der Waals surface area contributed by atoms with E-state index in [2.05, 4.69) is 0 Å². The lowest BCUT2D eigenvalue weighted by atomic mass is 10.2. The van der Waals surface area contributed by atoms with Crippen LogP contribution in [-0.2, 0) is 19.1 Å². The molecule has 0 saturated carbocycles. The van der Waals surface area contributed by atoms with E-state index in [9.17, 15) is 9.59 Å². The van der Waals surface area contributed by atoms with Crippen molar-refractivity contribution in [2.45, 2.75) is 6.04 Å². The van der Waals surface area contributed by atoms with Gasteiger partial charge in [-0.2, -0.15) is 0 Å². The molecular formula is C11H18N2O5. The summed E-state index contributed by atoms with van der Waals surface area (Å²) in [6.07, 6.45) is 0. The van der Waals surface area contributed by atoms with Gasteiger partial charge in [0.05, 0.1) is 33.0 Å². The lowest BCUT2D eigenvalue weighted by Gasteiger charge is -2.34. The number of rotatable bonds is 3. The van der Waals surface area contributed by atoms with Gasteiger partial charge < -0.3 is 19.5 Å². The summed E-state index contributed by atoms with van der Waals surface area (Å²) in [5.41, 5.74) is 0. The van der Waals surface area contributed by atoms with Crippen molar-refractivity contribution >= 4 is 11.9 Å². The Kier molecular flexibility index (Phi) is 4.51. The van der Waals surface area contributed by atoms with Gasteiger partial charge in [0.1, 0.15) is 6.04 Å². The monoisotopic (exact) mass is 258 g/mol. The normalized spacial score (nSPS) is 26.0. The summed E-state index contributed by atoms with van der Waals surface area (Å²) in [5.74, 6) is -0.976. The molecule has 2 fully saturated rings. The molecule has 2 rings (SSSR count). The van der Waals surface area contributed by atoms with Gasteiger partial charge in [0.2, 0.25) is 5.91 Å². The predicted octanol–water partition coefficient (Wildman–Crippen LogP) is -1.37. The van der Waals surface area contributed by atoms with Gasteiger partial charge in [-0.05, 0) is 0 Å². The van der Waals surface area contributed by atoms with Crippen LogP contribution in [0.15, 0.2) is 0 Å². The number of carboxylic acids is 1. The topological polar surface area (TPSA) is 79.3 Å². The Labute approximate surface area is 105 Å². The fraction of sp³-hybridized carbons (Fsp3) is 0.818. The van der Waals surface area contributed by atoms with Gasteiger partial charge in [-0.1, -0.05) is 0 Å². The zero-order valence-electron chi connectivity index (χ0n) is 10.2. The second-order valence-electron chi connectivity index (χ2n) is 4.39. The quantitative estimate of drug-likeness (QED) is 0.673. The Morgan fingerprint density at radius 2 is 1.78 bits per heavy atom. The van der Waals surface area contributed by atoms with Crippen LogP contribution in [0.2, 0.25) is 0 Å². The van der Waals surface area contributed by atoms with E-state index in [0.717, 1.165) is 0 Å². The Morgan fingerprint density at radius 1 is 1.11 bits per heavy atom. The molecule has 1 unspecified atom stereocenters. The third kappa shape index (κ3) is 3.18. The van der Waals surface area contributed by atoms with Crippen molar-refractivity contribution in [2.75, 3.05) is 52.6 Å². The minimum absolute atomic E-state index is 0.0357. The van der Waals surface area contributed by atoms with Crippen molar-refractivity contribution in [3.63, 3.8) is 0 Å². The summed E-state index contributed by atoms with van der Waals surface area (Å²) in [6.45, 7) is 3.51. The number of carbonyl (C=O) groups excluding carboxylic acids is 1. The fourth-order valence-electron chi connectivity index (χ4n) is 2.14. The van der Waals surface area contributed by atoms with Crippen molar-refractivity contribution in [3.05, 3.63) is 0 Å². The van der Waals surface area contributed by atoms with Gasteiger partial charge in [0.15, 0.2) is 0 Å². The number of nitrogens with zero attached hydrogens (tertiary/aromatic N) is 2. The average molecular weight is 258 g/mol. The highest BCUT2D eigenvalue weighted by molar-refractivity contribution is 5.80. The Bertz CT molecular complexity index is 317. The molecule has 7 nitrogen and oxygen atoms in total. The highest BCUT2D eigenvalue weighted by atomic mass is 16.5. The number of carboxylic acid groups (broad SMARTS) is 1. The highest BCUT2D eigenvalue weighted by Gasteiger charge is 2.31. The largest absolute Gasteiger partial charge is 0.480 e. The van der Waals surface area contributed by atoms with Gasteiger partial charge >= 0.3 is 5.97 Å². The second-order valence-corrected chi connectivity index (χ2v) is 4.39. The minimum Gasteiger partial charge on any atom is -0.480 e. The van der Waals surface area contributed by atoms with Gasteiger partial charge in [-0.3, -0.25) is 14.5 Å². The maximum absolute atomic E-state index is 12.0. The first-order chi connectivity index (χ1) is 8.68. The van der Waals surface area contributed by atoms with Crippen LogP contribution in [0.5, 0.6) is 0 Å². The van der Waals surface area contributed by atoms with E-state index in [0.29, 0.717) is 39.5 Å². The highest BCUT2D eigenvalue weighted by Crippen LogP contribution is 2.08. The van der Waals surface area contributed by atoms with Crippen molar-refractivity contribution in [1.82, 2.24) is 9.80 Å². The summed E-state index contributed by atoms with van der Waals surface area (Å²) < 4.78 is 10.3. The molecule has 2 aliphatic heterocycles. The third-order valence-electron chi connectivity index (χ3n) is 3.23. The molecule has 0 aliphatic carbocycles. The van der Waals surface area contributed by atoms with Crippen LogP contribution >= 0.6 is 0 Å². The molecule has 0 aromatic heterocycles. The van der Waals surface area contributed by atoms with Crippen molar-refractivity contribution in [3.8, 4) is 0 Å². The van der Waals surface area contributed by atoms with E-state index in [1.54, 1.807) is 9.80 Å². The number of hydrogen-bond acceptors (Lipinski definition) is 5. The summed E-state index contributed by atoms with van der Waals surface area (Å²) in [5, 5.41) is 9.07. The molecule has 2 heterocycles. The van der Waals surface area contributed by atoms with E-state index in [-0.39, 0.29) is 19.1 Å². The molecule has 1 N–H and O–H groups in total.